The van der Waals surface area contributed by atoms with E-state index in [2.05, 4.69) is 27.5 Å². The maximum atomic E-state index is 12.7. The molecule has 0 spiro atoms. The van der Waals surface area contributed by atoms with Gasteiger partial charge in [-0.05, 0) is 38.2 Å². The molecule has 164 valence electrons. The number of carbonyl (C=O) groups excluding carboxylic acids is 2. The first kappa shape index (κ1) is 22.5. The number of piperazine rings is 1. The van der Waals surface area contributed by atoms with E-state index in [0.717, 1.165) is 31.9 Å². The van der Waals surface area contributed by atoms with Crippen LogP contribution in [0.3, 0.4) is 0 Å². The molecule has 1 fully saturated rings. The summed E-state index contributed by atoms with van der Waals surface area (Å²) in [5.74, 6) is -0.992. The van der Waals surface area contributed by atoms with Crippen LogP contribution in [-0.2, 0) is 4.79 Å². The number of nitrogens with zero attached hydrogens (tertiary/aromatic N) is 3. The summed E-state index contributed by atoms with van der Waals surface area (Å²) >= 11 is 6.14. The minimum absolute atomic E-state index is 0.106. The van der Waals surface area contributed by atoms with Crippen molar-refractivity contribution in [1.82, 2.24) is 10.2 Å². The number of hydrogen-bond acceptors (Lipinski definition) is 6. The number of carbonyl (C=O) groups is 2. The summed E-state index contributed by atoms with van der Waals surface area (Å²) in [7, 11) is 2.06. The first-order valence-electron chi connectivity index (χ1n) is 9.84. The van der Waals surface area contributed by atoms with Crippen LogP contribution in [0.25, 0.3) is 0 Å². The zero-order valence-corrected chi connectivity index (χ0v) is 18.1. The number of halogens is 1. The Morgan fingerprint density at radius 3 is 2.52 bits per heavy atom. The maximum absolute atomic E-state index is 12.7. The summed E-state index contributed by atoms with van der Waals surface area (Å²) in [6.45, 7) is 5.00. The topological polar surface area (TPSA) is 108 Å². The van der Waals surface area contributed by atoms with E-state index in [1.54, 1.807) is 19.1 Å². The van der Waals surface area contributed by atoms with Gasteiger partial charge in [0.25, 0.3) is 11.6 Å². The quantitative estimate of drug-likeness (QED) is 0.523. The molecule has 10 heteroatoms. The van der Waals surface area contributed by atoms with E-state index < -0.39 is 22.8 Å². The van der Waals surface area contributed by atoms with Crippen LogP contribution in [0.2, 0.25) is 5.02 Å². The molecular weight excluding hydrogens is 422 g/mol. The van der Waals surface area contributed by atoms with Gasteiger partial charge in [0.05, 0.1) is 16.3 Å². The molecule has 2 aromatic rings. The van der Waals surface area contributed by atoms with Crippen molar-refractivity contribution >= 4 is 40.5 Å². The third-order valence-electron chi connectivity index (χ3n) is 5.12. The third kappa shape index (κ3) is 5.71. The average Bonchev–Trinajstić information content (AvgIpc) is 2.74. The monoisotopic (exact) mass is 445 g/mol. The van der Waals surface area contributed by atoms with Crippen molar-refractivity contribution in [3.8, 4) is 0 Å². The molecule has 9 nitrogen and oxygen atoms in total. The number of amides is 2. The summed E-state index contributed by atoms with van der Waals surface area (Å²) in [5, 5.41) is 16.8. The summed E-state index contributed by atoms with van der Waals surface area (Å²) in [5.41, 5.74) is 1.34. The number of benzene rings is 2. The summed E-state index contributed by atoms with van der Waals surface area (Å²) < 4.78 is 0. The van der Waals surface area contributed by atoms with Crippen LogP contribution in [-0.4, -0.2) is 60.9 Å². The predicted octanol–water partition coefficient (Wildman–Crippen LogP) is 2.76. The standard InChI is InChI=1S/C21H24ClN5O4/c1-14(23-21(29)15-4-3-5-17(12-15)27(30)31)20(28)24-18-13-16(22)6-7-19(18)26-10-8-25(2)9-11-26/h3-7,12-14H,8-11H2,1-2H3,(H,23,29)(H,24,28). The zero-order chi connectivity index (χ0) is 22.5. The molecule has 1 heterocycles. The Morgan fingerprint density at radius 2 is 1.84 bits per heavy atom. The number of nitro benzene ring substituents is 1. The van der Waals surface area contributed by atoms with E-state index in [1.807, 2.05) is 6.07 Å². The molecule has 2 aromatic carbocycles. The second kappa shape index (κ2) is 9.76. The van der Waals surface area contributed by atoms with Crippen molar-refractivity contribution in [2.24, 2.45) is 0 Å². The highest BCUT2D eigenvalue weighted by Gasteiger charge is 2.22. The SMILES string of the molecule is CC(NC(=O)c1cccc([N+](=O)[O-])c1)C(=O)Nc1cc(Cl)ccc1N1CCN(C)CC1. The van der Waals surface area contributed by atoms with Crippen molar-refractivity contribution in [2.75, 3.05) is 43.4 Å². The number of nitrogens with one attached hydrogen (secondary N) is 2. The van der Waals surface area contributed by atoms with E-state index in [-0.39, 0.29) is 11.3 Å². The highest BCUT2D eigenvalue weighted by Crippen LogP contribution is 2.30. The molecule has 1 saturated heterocycles. The summed E-state index contributed by atoms with van der Waals surface area (Å²) in [6.07, 6.45) is 0. The maximum Gasteiger partial charge on any atom is 0.270 e. The number of nitro groups is 1. The largest absolute Gasteiger partial charge is 0.367 e. The van der Waals surface area contributed by atoms with Crippen molar-refractivity contribution in [3.05, 3.63) is 63.2 Å². The number of rotatable bonds is 6. The van der Waals surface area contributed by atoms with Gasteiger partial charge in [0, 0.05) is 48.9 Å². The first-order valence-corrected chi connectivity index (χ1v) is 10.2. The predicted molar refractivity (Wildman–Crippen MR) is 120 cm³/mol. The molecule has 1 atom stereocenters. The van der Waals surface area contributed by atoms with Crippen molar-refractivity contribution in [1.29, 1.82) is 0 Å². The molecule has 2 N–H and O–H groups in total. The molecule has 0 aromatic heterocycles. The minimum atomic E-state index is -0.869. The van der Waals surface area contributed by atoms with Crippen molar-refractivity contribution in [3.63, 3.8) is 0 Å². The number of anilines is 2. The van der Waals surface area contributed by atoms with Gasteiger partial charge >= 0.3 is 0 Å². The van der Waals surface area contributed by atoms with E-state index in [9.17, 15) is 19.7 Å². The van der Waals surface area contributed by atoms with Gasteiger partial charge in [-0.15, -0.1) is 0 Å². The fraction of sp³-hybridized carbons (Fsp3) is 0.333. The smallest absolute Gasteiger partial charge is 0.270 e. The first-order chi connectivity index (χ1) is 14.7. The lowest BCUT2D eigenvalue weighted by Crippen LogP contribution is -2.45. The van der Waals surface area contributed by atoms with Gasteiger partial charge in [-0.3, -0.25) is 19.7 Å². The van der Waals surface area contributed by atoms with Crippen LogP contribution in [0.5, 0.6) is 0 Å². The molecule has 1 aliphatic heterocycles. The van der Waals surface area contributed by atoms with Crippen LogP contribution in [0.1, 0.15) is 17.3 Å². The molecule has 1 unspecified atom stereocenters. The molecule has 0 saturated carbocycles. The molecule has 31 heavy (non-hydrogen) atoms. The van der Waals surface area contributed by atoms with Gasteiger partial charge in [-0.25, -0.2) is 0 Å². The Morgan fingerprint density at radius 1 is 1.13 bits per heavy atom. The number of hydrogen-bond donors (Lipinski definition) is 2. The number of non-ortho nitro benzene ring substituents is 1. The second-order valence-electron chi connectivity index (χ2n) is 7.44. The molecule has 0 aliphatic carbocycles. The van der Waals surface area contributed by atoms with Gasteiger partial charge in [0.2, 0.25) is 5.91 Å². The normalized spacial score (nSPS) is 15.3. The summed E-state index contributed by atoms with van der Waals surface area (Å²) in [4.78, 5) is 39.9. The lowest BCUT2D eigenvalue weighted by molar-refractivity contribution is -0.384. The molecule has 0 radical (unpaired) electrons. The van der Waals surface area contributed by atoms with Crippen molar-refractivity contribution < 1.29 is 14.5 Å². The van der Waals surface area contributed by atoms with Gasteiger partial charge in [-0.1, -0.05) is 17.7 Å². The van der Waals surface area contributed by atoms with Gasteiger partial charge in [-0.2, -0.15) is 0 Å². The Hall–Kier alpha value is -3.17. The Bertz CT molecular complexity index is 991. The molecule has 1 aliphatic rings. The number of likely N-dealkylation sites (N-methyl/N-ethyl adjacent to an activating group) is 1. The zero-order valence-electron chi connectivity index (χ0n) is 17.3. The van der Waals surface area contributed by atoms with Crippen molar-refractivity contribution in [2.45, 2.75) is 13.0 Å². The van der Waals surface area contributed by atoms with Crippen LogP contribution in [0.15, 0.2) is 42.5 Å². The summed E-state index contributed by atoms with van der Waals surface area (Å²) in [6, 6.07) is 9.80. The third-order valence-corrected chi connectivity index (χ3v) is 5.36. The van der Waals surface area contributed by atoms with Crippen LogP contribution < -0.4 is 15.5 Å². The fourth-order valence-electron chi connectivity index (χ4n) is 3.28. The van der Waals surface area contributed by atoms with Crippen LogP contribution in [0, 0.1) is 10.1 Å². The lowest BCUT2D eigenvalue weighted by atomic mass is 10.1. The van der Waals surface area contributed by atoms with Crippen LogP contribution in [0.4, 0.5) is 17.1 Å². The Balaban J connectivity index is 1.69. The molecule has 3 rings (SSSR count). The molecule has 2 amide bonds. The highest BCUT2D eigenvalue weighted by atomic mass is 35.5. The van der Waals surface area contributed by atoms with Gasteiger partial charge < -0.3 is 20.4 Å². The van der Waals surface area contributed by atoms with Crippen LogP contribution >= 0.6 is 11.6 Å². The van der Waals surface area contributed by atoms with E-state index >= 15 is 0 Å². The minimum Gasteiger partial charge on any atom is -0.367 e. The van der Waals surface area contributed by atoms with E-state index in [4.69, 9.17) is 11.6 Å². The second-order valence-corrected chi connectivity index (χ2v) is 7.88. The van der Waals surface area contributed by atoms with Gasteiger partial charge in [0.1, 0.15) is 6.04 Å². The average molecular weight is 446 g/mol. The lowest BCUT2D eigenvalue weighted by Gasteiger charge is -2.35. The fourth-order valence-corrected chi connectivity index (χ4v) is 3.45. The Labute approximate surface area is 185 Å². The van der Waals surface area contributed by atoms with E-state index in [0.29, 0.717) is 10.7 Å². The Kier molecular flexibility index (Phi) is 7.09. The highest BCUT2D eigenvalue weighted by molar-refractivity contribution is 6.31. The van der Waals surface area contributed by atoms with Gasteiger partial charge in [0.15, 0.2) is 0 Å². The molecule has 0 bridgehead atoms. The van der Waals surface area contributed by atoms with E-state index in [1.165, 1.54) is 24.3 Å². The molecular formula is C21H24ClN5O4.